The van der Waals surface area contributed by atoms with Crippen LogP contribution in [0.1, 0.15) is 44.9 Å². The summed E-state index contributed by atoms with van der Waals surface area (Å²) in [5, 5.41) is 4.74. The number of fused-ring (bicyclic) bond motifs is 1. The Labute approximate surface area is 109 Å². The fourth-order valence-corrected chi connectivity index (χ4v) is 2.37. The van der Waals surface area contributed by atoms with E-state index in [9.17, 15) is 0 Å². The summed E-state index contributed by atoms with van der Waals surface area (Å²) in [5.74, 6) is 1.44. The molecule has 2 rings (SSSR count). The predicted molar refractivity (Wildman–Crippen MR) is 77.1 cm³/mol. The number of rotatable bonds is 4. The Kier molecular flexibility index (Phi) is 3.76. The minimum absolute atomic E-state index is 0.374. The van der Waals surface area contributed by atoms with Gasteiger partial charge in [0.15, 0.2) is 0 Å². The van der Waals surface area contributed by atoms with E-state index in [2.05, 4.69) is 64.2 Å². The van der Waals surface area contributed by atoms with Crippen LogP contribution in [0.3, 0.4) is 0 Å². The number of para-hydroxylation sites is 1. The highest BCUT2D eigenvalue weighted by Gasteiger charge is 2.19. The summed E-state index contributed by atoms with van der Waals surface area (Å²) < 4.78 is 6.02. The van der Waals surface area contributed by atoms with Crippen LogP contribution in [0.2, 0.25) is 0 Å². The first-order chi connectivity index (χ1) is 8.49. The van der Waals surface area contributed by atoms with Gasteiger partial charge in [0.1, 0.15) is 11.3 Å². The van der Waals surface area contributed by atoms with E-state index in [1.165, 1.54) is 10.9 Å². The first kappa shape index (κ1) is 13.2. The number of benzene rings is 1. The number of aryl methyl sites for hydroxylation is 1. The van der Waals surface area contributed by atoms with E-state index in [4.69, 9.17) is 4.42 Å². The summed E-state index contributed by atoms with van der Waals surface area (Å²) in [6, 6.07) is 9.36. The third-order valence-electron chi connectivity index (χ3n) is 3.56. The lowest BCUT2D eigenvalue weighted by atomic mass is 10.00. The zero-order chi connectivity index (χ0) is 13.3. The molecule has 0 aliphatic rings. The fourth-order valence-electron chi connectivity index (χ4n) is 2.37. The van der Waals surface area contributed by atoms with Crippen molar-refractivity contribution >= 4 is 11.0 Å². The lowest BCUT2D eigenvalue weighted by Gasteiger charge is -2.21. The summed E-state index contributed by atoms with van der Waals surface area (Å²) in [7, 11) is 0. The van der Waals surface area contributed by atoms with Crippen molar-refractivity contribution in [1.29, 1.82) is 0 Å². The van der Waals surface area contributed by atoms with Crippen LogP contribution >= 0.6 is 0 Å². The van der Waals surface area contributed by atoms with Gasteiger partial charge in [-0.3, -0.25) is 0 Å². The molecule has 1 heterocycles. The lowest BCUT2D eigenvalue weighted by molar-refractivity contribution is 0.393. The van der Waals surface area contributed by atoms with Crippen LogP contribution < -0.4 is 5.32 Å². The first-order valence-electron chi connectivity index (χ1n) is 6.74. The van der Waals surface area contributed by atoms with Gasteiger partial charge in [-0.2, -0.15) is 0 Å². The molecule has 1 aromatic heterocycles. The van der Waals surface area contributed by atoms with Crippen LogP contribution in [0.5, 0.6) is 0 Å². The number of hydrogen-bond acceptors (Lipinski definition) is 2. The Morgan fingerprint density at radius 3 is 2.44 bits per heavy atom. The fraction of sp³-hybridized carbons (Fsp3) is 0.500. The van der Waals surface area contributed by atoms with E-state index in [0.717, 1.165) is 11.3 Å². The topological polar surface area (TPSA) is 25.2 Å². The van der Waals surface area contributed by atoms with Crippen molar-refractivity contribution in [3.05, 3.63) is 35.6 Å². The average Bonchev–Trinajstić information content (AvgIpc) is 2.72. The quantitative estimate of drug-likeness (QED) is 0.872. The number of furan rings is 1. The highest BCUT2D eigenvalue weighted by atomic mass is 16.3. The predicted octanol–water partition coefficient (Wildman–Crippen LogP) is 4.23. The average molecular weight is 245 g/mol. The molecule has 0 saturated carbocycles. The maximum Gasteiger partial charge on any atom is 0.137 e. The van der Waals surface area contributed by atoms with Crippen molar-refractivity contribution in [2.75, 3.05) is 0 Å². The van der Waals surface area contributed by atoms with Crippen molar-refractivity contribution in [1.82, 2.24) is 5.32 Å². The molecule has 2 heteroatoms. The summed E-state index contributed by atoms with van der Waals surface area (Å²) in [6.07, 6.45) is 0. The minimum Gasteiger partial charge on any atom is -0.460 e. The zero-order valence-corrected chi connectivity index (χ0v) is 11.9. The molecule has 0 radical (unpaired) electrons. The minimum atomic E-state index is 0.374. The van der Waals surface area contributed by atoms with Crippen molar-refractivity contribution in [2.24, 2.45) is 0 Å². The monoisotopic (exact) mass is 245 g/mol. The van der Waals surface area contributed by atoms with Gasteiger partial charge in [-0.15, -0.1) is 0 Å². The van der Waals surface area contributed by atoms with Crippen LogP contribution in [0.4, 0.5) is 0 Å². The summed E-state index contributed by atoms with van der Waals surface area (Å²) in [6.45, 7) is 10.9. The lowest BCUT2D eigenvalue weighted by Crippen LogP contribution is -2.35. The third kappa shape index (κ3) is 2.59. The number of hydrogen-bond donors (Lipinski definition) is 1. The highest BCUT2D eigenvalue weighted by Crippen LogP contribution is 2.28. The Bertz CT molecular complexity index is 527. The second kappa shape index (κ2) is 5.15. The smallest absolute Gasteiger partial charge is 0.137 e. The van der Waals surface area contributed by atoms with E-state index < -0.39 is 0 Å². The molecule has 1 aromatic carbocycles. The van der Waals surface area contributed by atoms with E-state index in [1.54, 1.807) is 0 Å². The van der Waals surface area contributed by atoms with Gasteiger partial charge in [0.2, 0.25) is 0 Å². The van der Waals surface area contributed by atoms with Gasteiger partial charge in [-0.1, -0.05) is 39.0 Å². The maximum atomic E-state index is 6.02. The number of nitrogens with one attached hydrogen (secondary N) is 1. The SMILES string of the molecule is Cc1cccc2cc(C(C)C(C)NC(C)C)oc12. The summed E-state index contributed by atoms with van der Waals surface area (Å²) in [4.78, 5) is 0. The van der Waals surface area contributed by atoms with Gasteiger partial charge >= 0.3 is 0 Å². The van der Waals surface area contributed by atoms with Crippen LogP contribution in [0, 0.1) is 6.92 Å². The molecule has 0 aliphatic heterocycles. The van der Waals surface area contributed by atoms with E-state index in [1.807, 2.05) is 0 Å². The Morgan fingerprint density at radius 1 is 1.11 bits per heavy atom. The molecule has 2 aromatic rings. The zero-order valence-electron chi connectivity index (χ0n) is 11.9. The van der Waals surface area contributed by atoms with Crippen molar-refractivity contribution in [3.63, 3.8) is 0 Å². The van der Waals surface area contributed by atoms with Crippen molar-refractivity contribution < 1.29 is 4.42 Å². The third-order valence-corrected chi connectivity index (χ3v) is 3.56. The van der Waals surface area contributed by atoms with Gasteiger partial charge < -0.3 is 9.73 Å². The van der Waals surface area contributed by atoms with Gasteiger partial charge in [0.05, 0.1) is 0 Å². The summed E-state index contributed by atoms with van der Waals surface area (Å²) >= 11 is 0. The van der Waals surface area contributed by atoms with Crippen LogP contribution in [-0.4, -0.2) is 12.1 Å². The molecule has 0 saturated heterocycles. The van der Waals surface area contributed by atoms with E-state index in [-0.39, 0.29) is 0 Å². The van der Waals surface area contributed by atoms with E-state index >= 15 is 0 Å². The largest absolute Gasteiger partial charge is 0.460 e. The Hall–Kier alpha value is -1.28. The molecule has 2 nitrogen and oxygen atoms in total. The highest BCUT2D eigenvalue weighted by molar-refractivity contribution is 5.81. The molecule has 98 valence electrons. The molecular formula is C16H23NO. The Balaban J connectivity index is 2.28. The molecule has 0 amide bonds. The molecule has 0 fully saturated rings. The van der Waals surface area contributed by atoms with Gasteiger partial charge in [0, 0.05) is 23.4 Å². The molecule has 18 heavy (non-hydrogen) atoms. The molecule has 0 spiro atoms. The second-order valence-corrected chi connectivity index (χ2v) is 5.54. The van der Waals surface area contributed by atoms with Crippen LogP contribution in [-0.2, 0) is 0 Å². The molecule has 2 unspecified atom stereocenters. The molecule has 2 atom stereocenters. The second-order valence-electron chi connectivity index (χ2n) is 5.54. The molecule has 0 aliphatic carbocycles. The van der Waals surface area contributed by atoms with Crippen LogP contribution in [0.15, 0.2) is 28.7 Å². The van der Waals surface area contributed by atoms with Crippen molar-refractivity contribution in [2.45, 2.75) is 52.6 Å². The molecule has 1 N–H and O–H groups in total. The van der Waals surface area contributed by atoms with Crippen LogP contribution in [0.25, 0.3) is 11.0 Å². The molecular weight excluding hydrogens is 222 g/mol. The van der Waals surface area contributed by atoms with Gasteiger partial charge in [-0.25, -0.2) is 0 Å². The van der Waals surface area contributed by atoms with Gasteiger partial charge in [-0.05, 0) is 25.5 Å². The Morgan fingerprint density at radius 2 is 1.83 bits per heavy atom. The summed E-state index contributed by atoms with van der Waals surface area (Å²) in [5.41, 5.74) is 2.23. The van der Waals surface area contributed by atoms with E-state index in [0.29, 0.717) is 18.0 Å². The standard InChI is InChI=1S/C16H23NO/c1-10(2)17-13(5)12(4)15-9-14-8-6-7-11(3)16(14)18-15/h6-10,12-13,17H,1-5H3. The first-order valence-corrected chi connectivity index (χ1v) is 6.74. The van der Waals surface area contributed by atoms with Crippen molar-refractivity contribution in [3.8, 4) is 0 Å². The maximum absolute atomic E-state index is 6.02. The normalized spacial score (nSPS) is 15.2. The van der Waals surface area contributed by atoms with Gasteiger partial charge in [0.25, 0.3) is 0 Å². The molecule has 0 bridgehead atoms.